The van der Waals surface area contributed by atoms with Gasteiger partial charge in [0.25, 0.3) is 5.56 Å². The monoisotopic (exact) mass is 412 g/mol. The smallest absolute Gasteiger partial charge is 0.279 e. The van der Waals surface area contributed by atoms with Crippen molar-refractivity contribution in [2.75, 3.05) is 0 Å². The first-order valence-corrected chi connectivity index (χ1v) is 9.32. The highest BCUT2D eigenvalue weighted by Crippen LogP contribution is 2.27. The summed E-state index contributed by atoms with van der Waals surface area (Å²) in [4.78, 5) is 12.8. The van der Waals surface area contributed by atoms with Crippen molar-refractivity contribution < 1.29 is 4.74 Å². The van der Waals surface area contributed by atoms with Crippen LogP contribution < -0.4 is 20.9 Å². The van der Waals surface area contributed by atoms with Crippen LogP contribution in [0.1, 0.15) is 25.8 Å². The van der Waals surface area contributed by atoms with Gasteiger partial charge in [0.2, 0.25) is 0 Å². The van der Waals surface area contributed by atoms with E-state index in [0.29, 0.717) is 10.6 Å². The molecule has 0 aliphatic heterocycles. The van der Waals surface area contributed by atoms with Gasteiger partial charge in [0, 0.05) is 0 Å². The first kappa shape index (κ1) is 18.3. The SMILES string of the molecule is C=c1[nH]n(-c2ccccc2)c(=O)/c1=C\c1ccc(O[C@H](C)CC)c(Br)c1. The Morgan fingerprint density at radius 1 is 1.27 bits per heavy atom. The van der Waals surface area contributed by atoms with E-state index >= 15 is 0 Å². The molecule has 0 radical (unpaired) electrons. The third kappa shape index (κ3) is 3.83. The summed E-state index contributed by atoms with van der Waals surface area (Å²) >= 11 is 3.55. The number of nitrogens with zero attached hydrogens (tertiary/aromatic N) is 1. The Bertz CT molecular complexity index is 1070. The first-order chi connectivity index (χ1) is 12.5. The summed E-state index contributed by atoms with van der Waals surface area (Å²) in [5, 5.41) is 4.15. The number of halogens is 1. The maximum atomic E-state index is 12.8. The minimum absolute atomic E-state index is 0.128. The molecule has 3 rings (SSSR count). The average Bonchev–Trinajstić information content (AvgIpc) is 2.92. The zero-order chi connectivity index (χ0) is 18.7. The lowest BCUT2D eigenvalue weighted by Gasteiger charge is -2.14. The van der Waals surface area contributed by atoms with Crippen LogP contribution in [0.3, 0.4) is 0 Å². The summed E-state index contributed by atoms with van der Waals surface area (Å²) in [7, 11) is 0. The lowest BCUT2D eigenvalue weighted by molar-refractivity contribution is 0.216. The number of H-pyrrole nitrogens is 1. The minimum Gasteiger partial charge on any atom is -0.490 e. The van der Waals surface area contributed by atoms with Gasteiger partial charge in [0.15, 0.2) is 0 Å². The largest absolute Gasteiger partial charge is 0.490 e. The second kappa shape index (κ2) is 7.79. The van der Waals surface area contributed by atoms with Gasteiger partial charge in [0.05, 0.1) is 26.8 Å². The van der Waals surface area contributed by atoms with Crippen molar-refractivity contribution in [3.63, 3.8) is 0 Å². The van der Waals surface area contributed by atoms with E-state index in [0.717, 1.165) is 27.9 Å². The number of hydrogen-bond donors (Lipinski definition) is 1. The molecule has 0 bridgehead atoms. The van der Waals surface area contributed by atoms with E-state index in [1.54, 1.807) is 0 Å². The summed E-state index contributed by atoms with van der Waals surface area (Å²) in [5.74, 6) is 0.794. The van der Waals surface area contributed by atoms with Crippen molar-refractivity contribution in [1.82, 2.24) is 9.78 Å². The topological polar surface area (TPSA) is 47.0 Å². The molecule has 3 aromatic rings. The summed E-state index contributed by atoms with van der Waals surface area (Å²) in [6.45, 7) is 8.09. The van der Waals surface area contributed by atoms with Gasteiger partial charge in [-0.05, 0) is 65.2 Å². The molecule has 1 heterocycles. The average molecular weight is 413 g/mol. The van der Waals surface area contributed by atoms with Crippen molar-refractivity contribution in [3.8, 4) is 11.4 Å². The molecular weight excluding hydrogens is 392 g/mol. The molecule has 4 nitrogen and oxygen atoms in total. The fourth-order valence-electron chi connectivity index (χ4n) is 2.57. The predicted molar refractivity (Wildman–Crippen MR) is 109 cm³/mol. The normalized spacial score (nSPS) is 13.0. The Kier molecular flexibility index (Phi) is 5.47. The van der Waals surface area contributed by atoms with Crippen molar-refractivity contribution in [3.05, 3.63) is 79.5 Å². The van der Waals surface area contributed by atoms with Crippen LogP contribution in [0.25, 0.3) is 18.3 Å². The van der Waals surface area contributed by atoms with Crippen molar-refractivity contribution in [1.29, 1.82) is 0 Å². The standard InChI is InChI=1S/C21H21BrN2O2/c1-4-14(2)26-20-11-10-16(13-19(20)22)12-18-15(3)23-24(21(18)25)17-8-6-5-7-9-17/h5-14,23H,3-4H2,1-2H3/b18-12-/t14-/m1/s1. The van der Waals surface area contributed by atoms with E-state index in [-0.39, 0.29) is 11.7 Å². The fourth-order valence-corrected chi connectivity index (χ4v) is 3.06. The molecule has 0 aliphatic carbocycles. The van der Waals surface area contributed by atoms with Crippen molar-refractivity contribution in [2.45, 2.75) is 26.4 Å². The van der Waals surface area contributed by atoms with E-state index in [2.05, 4.69) is 34.5 Å². The van der Waals surface area contributed by atoms with E-state index in [9.17, 15) is 4.79 Å². The molecule has 1 atom stereocenters. The second-order valence-corrected chi connectivity index (χ2v) is 7.01. The van der Waals surface area contributed by atoms with Crippen LogP contribution in [-0.4, -0.2) is 15.9 Å². The number of benzene rings is 2. The fraction of sp³-hybridized carbons (Fsp3) is 0.190. The van der Waals surface area contributed by atoms with Crippen LogP contribution in [-0.2, 0) is 0 Å². The van der Waals surface area contributed by atoms with Gasteiger partial charge in [-0.25, -0.2) is 4.68 Å². The summed E-state index contributed by atoms with van der Waals surface area (Å²) in [6, 6.07) is 15.2. The number of nitrogens with one attached hydrogen (secondary N) is 1. The molecule has 0 saturated heterocycles. The number of hydrogen-bond acceptors (Lipinski definition) is 2. The Balaban J connectivity index is 2.01. The Morgan fingerprint density at radius 3 is 2.65 bits per heavy atom. The van der Waals surface area contributed by atoms with Gasteiger partial charge in [-0.15, -0.1) is 0 Å². The lowest BCUT2D eigenvalue weighted by atomic mass is 10.2. The van der Waals surface area contributed by atoms with Crippen molar-refractivity contribution in [2.24, 2.45) is 0 Å². The van der Waals surface area contributed by atoms with Gasteiger partial charge >= 0.3 is 0 Å². The van der Waals surface area contributed by atoms with Gasteiger partial charge in [-0.3, -0.25) is 9.89 Å². The quantitative estimate of drug-likeness (QED) is 0.698. The molecule has 0 fully saturated rings. The van der Waals surface area contributed by atoms with Gasteiger partial charge < -0.3 is 4.74 Å². The van der Waals surface area contributed by atoms with Crippen LogP contribution in [0.4, 0.5) is 0 Å². The van der Waals surface area contributed by atoms with Gasteiger partial charge in [-0.1, -0.05) is 37.8 Å². The number of rotatable bonds is 5. The molecule has 0 saturated carbocycles. The highest BCUT2D eigenvalue weighted by molar-refractivity contribution is 9.10. The van der Waals surface area contributed by atoms with E-state index < -0.39 is 0 Å². The molecule has 1 N–H and O–H groups in total. The van der Waals surface area contributed by atoms with Crippen molar-refractivity contribution >= 4 is 28.6 Å². The molecule has 0 aliphatic rings. The molecule has 2 aromatic carbocycles. The zero-order valence-corrected chi connectivity index (χ0v) is 16.4. The predicted octanol–water partition coefficient (Wildman–Crippen LogP) is 3.34. The first-order valence-electron chi connectivity index (χ1n) is 8.53. The van der Waals surface area contributed by atoms with Crippen LogP contribution in [0.15, 0.2) is 57.8 Å². The van der Waals surface area contributed by atoms with E-state index in [4.69, 9.17) is 4.74 Å². The van der Waals surface area contributed by atoms with Crippen LogP contribution in [0, 0.1) is 0 Å². The highest BCUT2D eigenvalue weighted by atomic mass is 79.9. The second-order valence-electron chi connectivity index (χ2n) is 6.15. The molecule has 1 aromatic heterocycles. The Morgan fingerprint density at radius 2 is 2.00 bits per heavy atom. The Labute approximate surface area is 160 Å². The van der Waals surface area contributed by atoms with Crippen LogP contribution in [0.2, 0.25) is 0 Å². The third-order valence-corrected chi connectivity index (χ3v) is 4.81. The van der Waals surface area contributed by atoms with E-state index in [1.807, 2.05) is 61.5 Å². The molecule has 5 heteroatoms. The van der Waals surface area contributed by atoms with Gasteiger partial charge in [0.1, 0.15) is 5.75 Å². The number of para-hydroxylation sites is 1. The minimum atomic E-state index is -0.128. The number of ether oxygens (including phenoxy) is 1. The lowest BCUT2D eigenvalue weighted by Crippen LogP contribution is -2.33. The summed E-state index contributed by atoms with van der Waals surface area (Å²) in [5.41, 5.74) is 1.55. The molecule has 134 valence electrons. The third-order valence-electron chi connectivity index (χ3n) is 4.19. The maximum absolute atomic E-state index is 12.8. The molecule has 0 unspecified atom stereocenters. The summed E-state index contributed by atoms with van der Waals surface area (Å²) < 4.78 is 8.22. The molecular formula is C21H21BrN2O2. The summed E-state index contributed by atoms with van der Waals surface area (Å²) in [6.07, 6.45) is 2.92. The Hall–Kier alpha value is -2.53. The molecule has 26 heavy (non-hydrogen) atoms. The number of aromatic amines is 1. The van der Waals surface area contributed by atoms with Crippen LogP contribution in [0.5, 0.6) is 5.75 Å². The van der Waals surface area contributed by atoms with Crippen LogP contribution >= 0.6 is 15.9 Å². The molecule has 0 spiro atoms. The molecule has 0 amide bonds. The van der Waals surface area contributed by atoms with Gasteiger partial charge in [-0.2, -0.15) is 0 Å². The highest BCUT2D eigenvalue weighted by Gasteiger charge is 2.07. The zero-order valence-electron chi connectivity index (χ0n) is 14.8. The number of aromatic nitrogens is 2. The maximum Gasteiger partial charge on any atom is 0.279 e. The van der Waals surface area contributed by atoms with E-state index in [1.165, 1.54) is 4.68 Å².